The van der Waals surface area contributed by atoms with E-state index in [1.54, 1.807) is 36.3 Å². The van der Waals surface area contributed by atoms with Crippen LogP contribution in [-0.2, 0) is 4.79 Å². The van der Waals surface area contributed by atoms with Crippen LogP contribution in [0.3, 0.4) is 0 Å². The Hall–Kier alpha value is -3.96. The first-order valence-electron chi connectivity index (χ1n) is 10.6. The number of carbonyl (C=O) groups excluding carboxylic acids is 1. The summed E-state index contributed by atoms with van der Waals surface area (Å²) in [6, 6.07) is 23.1. The summed E-state index contributed by atoms with van der Waals surface area (Å²) in [4.78, 5) is 14.8. The molecule has 6 nitrogen and oxygen atoms in total. The SMILES string of the molecule is COc1ccccc1N(CCC#N)C(=O)CSc1nnc(-c2ccc(F)cc2)c2ccccc12. The van der Waals surface area contributed by atoms with Gasteiger partial charge in [-0.15, -0.1) is 10.2 Å². The van der Waals surface area contributed by atoms with Crippen LogP contribution < -0.4 is 9.64 Å². The Bertz CT molecular complexity index is 1360. The lowest BCUT2D eigenvalue weighted by Crippen LogP contribution is -2.33. The molecule has 0 unspecified atom stereocenters. The zero-order chi connectivity index (χ0) is 23.9. The topological polar surface area (TPSA) is 79.1 Å². The van der Waals surface area contributed by atoms with Gasteiger partial charge in [0.25, 0.3) is 0 Å². The summed E-state index contributed by atoms with van der Waals surface area (Å²) in [5.74, 6) is 0.187. The van der Waals surface area contributed by atoms with E-state index in [1.165, 1.54) is 23.9 Å². The minimum atomic E-state index is -0.317. The summed E-state index contributed by atoms with van der Waals surface area (Å²) in [7, 11) is 1.55. The summed E-state index contributed by atoms with van der Waals surface area (Å²) in [6.07, 6.45) is 0.198. The molecule has 1 aromatic heterocycles. The van der Waals surface area contributed by atoms with Crippen LogP contribution >= 0.6 is 11.8 Å². The Morgan fingerprint density at radius 3 is 2.47 bits per heavy atom. The highest BCUT2D eigenvalue weighted by atomic mass is 32.2. The number of ether oxygens (including phenoxy) is 1. The smallest absolute Gasteiger partial charge is 0.237 e. The summed E-state index contributed by atoms with van der Waals surface area (Å²) in [5.41, 5.74) is 2.03. The molecule has 170 valence electrons. The zero-order valence-electron chi connectivity index (χ0n) is 18.4. The largest absolute Gasteiger partial charge is 0.495 e. The van der Waals surface area contributed by atoms with Crippen LogP contribution in [-0.4, -0.2) is 35.5 Å². The standard InChI is InChI=1S/C26H21FN4O2S/c1-33-23-10-5-4-9-22(23)31(16-6-15-28)24(32)17-34-26-21-8-3-2-7-20(21)25(29-30-26)18-11-13-19(27)14-12-18/h2-5,7-14H,6,16-17H2,1H3. The van der Waals surface area contributed by atoms with Crippen LogP contribution in [0.5, 0.6) is 5.75 Å². The van der Waals surface area contributed by atoms with Gasteiger partial charge in [0.15, 0.2) is 0 Å². The number of para-hydroxylation sites is 2. The predicted octanol–water partition coefficient (Wildman–Crippen LogP) is 5.48. The fourth-order valence-corrected chi connectivity index (χ4v) is 4.46. The first-order chi connectivity index (χ1) is 16.6. The van der Waals surface area contributed by atoms with Crippen molar-refractivity contribution in [3.63, 3.8) is 0 Å². The van der Waals surface area contributed by atoms with E-state index in [1.807, 2.05) is 36.4 Å². The van der Waals surface area contributed by atoms with Gasteiger partial charge in [0.05, 0.1) is 31.0 Å². The number of nitriles is 1. The molecule has 0 spiro atoms. The maximum Gasteiger partial charge on any atom is 0.237 e. The van der Waals surface area contributed by atoms with E-state index in [9.17, 15) is 9.18 Å². The minimum Gasteiger partial charge on any atom is -0.495 e. The van der Waals surface area contributed by atoms with E-state index in [0.29, 0.717) is 22.2 Å². The van der Waals surface area contributed by atoms with Gasteiger partial charge in [-0.2, -0.15) is 5.26 Å². The number of methoxy groups -OCH3 is 1. The van der Waals surface area contributed by atoms with Gasteiger partial charge in [0, 0.05) is 22.9 Å². The number of benzene rings is 3. The van der Waals surface area contributed by atoms with Crippen LogP contribution in [0.15, 0.2) is 77.8 Å². The number of fused-ring (bicyclic) bond motifs is 1. The van der Waals surface area contributed by atoms with Crippen molar-refractivity contribution < 1.29 is 13.9 Å². The minimum absolute atomic E-state index is 0.109. The average Bonchev–Trinajstić information content (AvgIpc) is 2.88. The van der Waals surface area contributed by atoms with Gasteiger partial charge in [0.2, 0.25) is 5.91 Å². The van der Waals surface area contributed by atoms with Gasteiger partial charge in [-0.05, 0) is 36.4 Å². The van der Waals surface area contributed by atoms with Gasteiger partial charge < -0.3 is 9.64 Å². The zero-order valence-corrected chi connectivity index (χ0v) is 19.3. The molecule has 0 fully saturated rings. The number of nitrogens with zero attached hydrogens (tertiary/aromatic N) is 4. The van der Waals surface area contributed by atoms with Gasteiger partial charge in [-0.1, -0.05) is 48.2 Å². The molecular weight excluding hydrogens is 451 g/mol. The maximum absolute atomic E-state index is 13.4. The summed E-state index contributed by atoms with van der Waals surface area (Å²) < 4.78 is 18.8. The third-order valence-corrected chi connectivity index (χ3v) is 6.19. The van der Waals surface area contributed by atoms with Crippen molar-refractivity contribution in [3.05, 3.63) is 78.6 Å². The Labute approximate surface area is 201 Å². The number of carbonyl (C=O) groups is 1. The van der Waals surface area contributed by atoms with Crippen LogP contribution in [0.1, 0.15) is 6.42 Å². The van der Waals surface area contributed by atoms with E-state index in [2.05, 4.69) is 16.3 Å². The molecule has 4 rings (SSSR count). The molecule has 1 amide bonds. The Morgan fingerprint density at radius 2 is 1.74 bits per heavy atom. The molecule has 0 aliphatic rings. The second kappa shape index (κ2) is 10.8. The first-order valence-corrected chi connectivity index (χ1v) is 11.6. The molecule has 0 aliphatic carbocycles. The number of hydrogen-bond donors (Lipinski definition) is 0. The highest BCUT2D eigenvalue weighted by Gasteiger charge is 2.20. The Morgan fingerprint density at radius 1 is 1.03 bits per heavy atom. The fourth-order valence-electron chi connectivity index (χ4n) is 3.61. The third-order valence-electron chi connectivity index (χ3n) is 5.23. The molecule has 0 atom stereocenters. The van der Waals surface area contributed by atoms with Crippen molar-refractivity contribution in [3.8, 4) is 23.1 Å². The number of rotatable bonds is 8. The van der Waals surface area contributed by atoms with Crippen molar-refractivity contribution >= 4 is 34.1 Å². The molecule has 0 saturated carbocycles. The number of halogens is 1. The molecule has 34 heavy (non-hydrogen) atoms. The van der Waals surface area contributed by atoms with Crippen molar-refractivity contribution in [1.29, 1.82) is 5.26 Å². The molecule has 3 aromatic carbocycles. The van der Waals surface area contributed by atoms with Gasteiger partial charge >= 0.3 is 0 Å². The second-order valence-electron chi connectivity index (χ2n) is 7.32. The Kier molecular flexibility index (Phi) is 7.35. The highest BCUT2D eigenvalue weighted by molar-refractivity contribution is 8.00. The Balaban J connectivity index is 1.61. The quantitative estimate of drug-likeness (QED) is 0.316. The van der Waals surface area contributed by atoms with Crippen molar-refractivity contribution in [2.45, 2.75) is 11.4 Å². The molecular formula is C26H21FN4O2S. The lowest BCUT2D eigenvalue weighted by Gasteiger charge is -2.23. The number of anilines is 1. The van der Waals surface area contributed by atoms with Crippen molar-refractivity contribution in [2.75, 3.05) is 24.3 Å². The summed E-state index contributed by atoms with van der Waals surface area (Å²) >= 11 is 1.29. The molecule has 0 bridgehead atoms. The first kappa shape index (κ1) is 23.2. The number of aromatic nitrogens is 2. The molecule has 0 N–H and O–H groups in total. The fraction of sp³-hybridized carbons (Fsp3) is 0.154. The molecule has 0 saturated heterocycles. The highest BCUT2D eigenvalue weighted by Crippen LogP contribution is 2.33. The molecule has 0 radical (unpaired) electrons. The maximum atomic E-state index is 13.4. The number of amides is 1. The van der Waals surface area contributed by atoms with Crippen molar-refractivity contribution in [2.24, 2.45) is 0 Å². The summed E-state index contributed by atoms with van der Waals surface area (Å²) in [5, 5.41) is 20.2. The van der Waals surface area contributed by atoms with Gasteiger partial charge in [-0.25, -0.2) is 4.39 Å². The van der Waals surface area contributed by atoms with E-state index in [4.69, 9.17) is 10.00 Å². The number of hydrogen-bond acceptors (Lipinski definition) is 6. The van der Waals surface area contributed by atoms with Crippen LogP contribution in [0.4, 0.5) is 10.1 Å². The van der Waals surface area contributed by atoms with E-state index in [-0.39, 0.29) is 30.4 Å². The van der Waals surface area contributed by atoms with Crippen LogP contribution in [0, 0.1) is 17.1 Å². The second-order valence-corrected chi connectivity index (χ2v) is 8.28. The van der Waals surface area contributed by atoms with Crippen LogP contribution in [0.25, 0.3) is 22.0 Å². The summed E-state index contributed by atoms with van der Waals surface area (Å²) in [6.45, 7) is 0.256. The monoisotopic (exact) mass is 472 g/mol. The lowest BCUT2D eigenvalue weighted by atomic mass is 10.1. The normalized spacial score (nSPS) is 10.6. The average molecular weight is 473 g/mol. The van der Waals surface area contributed by atoms with Gasteiger partial charge in [0.1, 0.15) is 22.3 Å². The molecule has 0 aliphatic heterocycles. The van der Waals surface area contributed by atoms with Crippen molar-refractivity contribution in [1.82, 2.24) is 10.2 Å². The lowest BCUT2D eigenvalue weighted by molar-refractivity contribution is -0.116. The van der Waals surface area contributed by atoms with Crippen LogP contribution in [0.2, 0.25) is 0 Å². The van der Waals surface area contributed by atoms with E-state index >= 15 is 0 Å². The van der Waals surface area contributed by atoms with Gasteiger partial charge in [-0.3, -0.25) is 4.79 Å². The molecule has 8 heteroatoms. The number of thioether (sulfide) groups is 1. The van der Waals surface area contributed by atoms with E-state index in [0.717, 1.165) is 16.3 Å². The molecule has 1 heterocycles. The molecule has 4 aromatic rings. The predicted molar refractivity (Wildman–Crippen MR) is 131 cm³/mol. The third kappa shape index (κ3) is 5.00. The van der Waals surface area contributed by atoms with E-state index < -0.39 is 0 Å².